The van der Waals surface area contributed by atoms with E-state index in [9.17, 15) is 9.59 Å². The monoisotopic (exact) mass is 343 g/mol. The van der Waals surface area contributed by atoms with Gasteiger partial charge in [-0.25, -0.2) is 0 Å². The van der Waals surface area contributed by atoms with E-state index in [1.165, 1.54) is 6.92 Å². The number of aromatic nitrogens is 1. The number of rotatable bonds is 4. The van der Waals surface area contributed by atoms with E-state index in [2.05, 4.69) is 10.5 Å². The maximum absolute atomic E-state index is 12.4. The number of para-hydroxylation sites is 1. The molecule has 3 rings (SSSR count). The Balaban J connectivity index is 1.69. The Labute approximate surface area is 145 Å². The Kier molecular flexibility index (Phi) is 5.02. The molecule has 132 valence electrons. The van der Waals surface area contributed by atoms with Crippen molar-refractivity contribution in [2.24, 2.45) is 5.92 Å². The van der Waals surface area contributed by atoms with E-state index in [1.807, 2.05) is 24.3 Å². The molecule has 1 unspecified atom stereocenters. The number of benzene rings is 1. The SMILES string of the molecule is COc1ccccc1-c1cc(NC(=O)C2CCCN(C(C)=O)C2)on1. The fourth-order valence-corrected chi connectivity index (χ4v) is 3.02. The third-order valence-corrected chi connectivity index (χ3v) is 4.38. The van der Waals surface area contributed by atoms with Crippen LogP contribution in [0.2, 0.25) is 0 Å². The summed E-state index contributed by atoms with van der Waals surface area (Å²) in [5, 5.41) is 6.75. The number of nitrogens with zero attached hydrogens (tertiary/aromatic N) is 2. The number of piperidine rings is 1. The molecule has 1 aliphatic rings. The third kappa shape index (κ3) is 3.81. The molecule has 1 atom stereocenters. The van der Waals surface area contributed by atoms with E-state index in [0.29, 0.717) is 24.5 Å². The lowest BCUT2D eigenvalue weighted by Crippen LogP contribution is -2.42. The number of hydrogen-bond acceptors (Lipinski definition) is 5. The van der Waals surface area contributed by atoms with Gasteiger partial charge in [-0.15, -0.1) is 0 Å². The molecule has 7 heteroatoms. The fourth-order valence-electron chi connectivity index (χ4n) is 3.02. The molecule has 1 fully saturated rings. The van der Waals surface area contributed by atoms with E-state index >= 15 is 0 Å². The lowest BCUT2D eigenvalue weighted by Gasteiger charge is -2.30. The van der Waals surface area contributed by atoms with Crippen molar-refractivity contribution in [2.75, 3.05) is 25.5 Å². The quantitative estimate of drug-likeness (QED) is 0.922. The zero-order chi connectivity index (χ0) is 17.8. The molecule has 25 heavy (non-hydrogen) atoms. The van der Waals surface area contributed by atoms with Crippen LogP contribution in [0.1, 0.15) is 19.8 Å². The first-order chi connectivity index (χ1) is 12.1. The number of likely N-dealkylation sites (tertiary alicyclic amines) is 1. The average molecular weight is 343 g/mol. The van der Waals surface area contributed by atoms with Gasteiger partial charge in [-0.1, -0.05) is 17.3 Å². The number of anilines is 1. The average Bonchev–Trinajstić information content (AvgIpc) is 3.10. The number of nitrogens with one attached hydrogen (secondary N) is 1. The molecule has 0 spiro atoms. The highest BCUT2D eigenvalue weighted by atomic mass is 16.5. The van der Waals surface area contributed by atoms with Gasteiger partial charge in [0.2, 0.25) is 17.7 Å². The molecule has 0 saturated carbocycles. The number of ether oxygens (including phenoxy) is 1. The van der Waals surface area contributed by atoms with Crippen LogP contribution >= 0.6 is 0 Å². The van der Waals surface area contributed by atoms with Crippen LogP contribution in [0.25, 0.3) is 11.3 Å². The van der Waals surface area contributed by atoms with Crippen LogP contribution in [0.15, 0.2) is 34.9 Å². The molecule has 0 bridgehead atoms. The maximum atomic E-state index is 12.4. The molecule has 0 radical (unpaired) electrons. The predicted octanol–water partition coefficient (Wildman–Crippen LogP) is 2.55. The largest absolute Gasteiger partial charge is 0.496 e. The first kappa shape index (κ1) is 17.0. The van der Waals surface area contributed by atoms with E-state index in [4.69, 9.17) is 9.26 Å². The van der Waals surface area contributed by atoms with Crippen molar-refractivity contribution >= 4 is 17.7 Å². The molecule has 2 aromatic rings. The first-order valence-corrected chi connectivity index (χ1v) is 8.25. The molecule has 1 saturated heterocycles. The Morgan fingerprint density at radius 1 is 1.36 bits per heavy atom. The second-order valence-corrected chi connectivity index (χ2v) is 6.07. The van der Waals surface area contributed by atoms with Crippen LogP contribution in [-0.2, 0) is 9.59 Å². The standard InChI is InChI=1S/C18H21N3O4/c1-12(22)21-9-5-6-13(11-21)18(23)19-17-10-15(20-25-17)14-7-3-4-8-16(14)24-2/h3-4,7-8,10,13H,5-6,9,11H2,1-2H3,(H,19,23). The summed E-state index contributed by atoms with van der Waals surface area (Å²) in [4.78, 5) is 25.6. The van der Waals surface area contributed by atoms with Crippen LogP contribution in [0.4, 0.5) is 5.88 Å². The number of carbonyl (C=O) groups excluding carboxylic acids is 2. The minimum absolute atomic E-state index is 0.00405. The fraction of sp³-hybridized carbons (Fsp3) is 0.389. The Bertz CT molecular complexity index is 771. The lowest BCUT2D eigenvalue weighted by atomic mass is 9.97. The highest BCUT2D eigenvalue weighted by Gasteiger charge is 2.27. The number of amides is 2. The smallest absolute Gasteiger partial charge is 0.231 e. The van der Waals surface area contributed by atoms with Crippen molar-refractivity contribution in [1.29, 1.82) is 0 Å². The summed E-state index contributed by atoms with van der Waals surface area (Å²) in [6.07, 6.45) is 1.57. The summed E-state index contributed by atoms with van der Waals surface area (Å²) < 4.78 is 10.5. The van der Waals surface area contributed by atoms with Crippen molar-refractivity contribution < 1.29 is 18.8 Å². The van der Waals surface area contributed by atoms with Crippen molar-refractivity contribution in [2.45, 2.75) is 19.8 Å². The van der Waals surface area contributed by atoms with Gasteiger partial charge in [-0.2, -0.15) is 0 Å². The van der Waals surface area contributed by atoms with Gasteiger partial charge in [0, 0.05) is 31.6 Å². The second kappa shape index (κ2) is 7.38. The number of carbonyl (C=O) groups is 2. The molecule has 1 aromatic carbocycles. The minimum Gasteiger partial charge on any atom is -0.496 e. The van der Waals surface area contributed by atoms with Gasteiger partial charge < -0.3 is 14.2 Å². The molecule has 1 N–H and O–H groups in total. The van der Waals surface area contributed by atoms with Gasteiger partial charge >= 0.3 is 0 Å². The maximum Gasteiger partial charge on any atom is 0.231 e. The van der Waals surface area contributed by atoms with Crippen molar-refractivity contribution in [3.8, 4) is 17.0 Å². The molecule has 2 amide bonds. The molecular formula is C18H21N3O4. The highest BCUT2D eigenvalue weighted by Crippen LogP contribution is 2.30. The molecule has 1 aliphatic heterocycles. The summed E-state index contributed by atoms with van der Waals surface area (Å²) in [5.74, 6) is 0.561. The summed E-state index contributed by atoms with van der Waals surface area (Å²) in [6, 6.07) is 9.12. The Morgan fingerprint density at radius 3 is 2.92 bits per heavy atom. The van der Waals surface area contributed by atoms with Gasteiger partial charge in [0.05, 0.1) is 13.0 Å². The van der Waals surface area contributed by atoms with E-state index in [-0.39, 0.29) is 23.6 Å². The predicted molar refractivity (Wildman–Crippen MR) is 92.1 cm³/mol. The van der Waals surface area contributed by atoms with Gasteiger partial charge in [0.1, 0.15) is 11.4 Å². The van der Waals surface area contributed by atoms with Gasteiger partial charge in [-0.05, 0) is 25.0 Å². The van der Waals surface area contributed by atoms with E-state index in [1.54, 1.807) is 18.1 Å². The molecule has 7 nitrogen and oxygen atoms in total. The van der Waals surface area contributed by atoms with Crippen molar-refractivity contribution in [3.63, 3.8) is 0 Å². The van der Waals surface area contributed by atoms with Gasteiger partial charge in [-0.3, -0.25) is 14.9 Å². The van der Waals surface area contributed by atoms with Crippen LogP contribution in [-0.4, -0.2) is 42.1 Å². The third-order valence-electron chi connectivity index (χ3n) is 4.38. The highest BCUT2D eigenvalue weighted by molar-refractivity contribution is 5.92. The summed E-state index contributed by atoms with van der Waals surface area (Å²) in [6.45, 7) is 2.67. The molecular weight excluding hydrogens is 322 g/mol. The summed E-state index contributed by atoms with van der Waals surface area (Å²) >= 11 is 0. The van der Waals surface area contributed by atoms with Gasteiger partial charge in [0.25, 0.3) is 0 Å². The Morgan fingerprint density at radius 2 is 2.16 bits per heavy atom. The van der Waals surface area contributed by atoms with Crippen LogP contribution in [0, 0.1) is 5.92 Å². The number of hydrogen-bond donors (Lipinski definition) is 1. The van der Waals surface area contributed by atoms with E-state index < -0.39 is 0 Å². The van der Waals surface area contributed by atoms with Crippen LogP contribution in [0.3, 0.4) is 0 Å². The zero-order valence-electron chi connectivity index (χ0n) is 14.3. The van der Waals surface area contributed by atoms with Crippen LogP contribution in [0.5, 0.6) is 5.75 Å². The van der Waals surface area contributed by atoms with Crippen molar-refractivity contribution in [3.05, 3.63) is 30.3 Å². The van der Waals surface area contributed by atoms with Crippen LogP contribution < -0.4 is 10.1 Å². The minimum atomic E-state index is -0.238. The van der Waals surface area contributed by atoms with E-state index in [0.717, 1.165) is 18.4 Å². The lowest BCUT2D eigenvalue weighted by molar-refractivity contribution is -0.132. The van der Waals surface area contributed by atoms with Gasteiger partial charge in [0.15, 0.2) is 0 Å². The zero-order valence-corrected chi connectivity index (χ0v) is 14.3. The number of methoxy groups -OCH3 is 1. The summed E-state index contributed by atoms with van der Waals surface area (Å²) in [7, 11) is 1.59. The summed E-state index contributed by atoms with van der Waals surface area (Å²) in [5.41, 5.74) is 1.37. The molecule has 0 aliphatic carbocycles. The second-order valence-electron chi connectivity index (χ2n) is 6.07. The Hall–Kier alpha value is -2.83. The molecule has 1 aromatic heterocycles. The topological polar surface area (TPSA) is 84.7 Å². The van der Waals surface area contributed by atoms with Crippen molar-refractivity contribution in [1.82, 2.24) is 10.1 Å². The first-order valence-electron chi connectivity index (χ1n) is 8.25. The molecule has 2 heterocycles. The normalized spacial score (nSPS) is 17.2.